The van der Waals surface area contributed by atoms with Gasteiger partial charge in [0.1, 0.15) is 5.75 Å². The Bertz CT molecular complexity index is 453. The van der Waals surface area contributed by atoms with E-state index in [1.807, 2.05) is 0 Å². The summed E-state index contributed by atoms with van der Waals surface area (Å²) in [7, 11) is 4.88. The van der Waals surface area contributed by atoms with Crippen LogP contribution >= 0.6 is 15.9 Å². The van der Waals surface area contributed by atoms with Crippen LogP contribution in [0.5, 0.6) is 5.75 Å². The SMILES string of the molecule is COCCCN(CCOC)C(=O)c1ccc(OC)c(Br)c1. The molecule has 0 radical (unpaired) electrons. The molecule has 0 aliphatic heterocycles. The largest absolute Gasteiger partial charge is 0.496 e. The van der Waals surface area contributed by atoms with Crippen molar-refractivity contribution in [2.24, 2.45) is 0 Å². The second-order valence-corrected chi connectivity index (χ2v) is 5.34. The van der Waals surface area contributed by atoms with Gasteiger partial charge < -0.3 is 19.1 Å². The molecular weight excluding hydrogens is 338 g/mol. The quantitative estimate of drug-likeness (QED) is 0.635. The second kappa shape index (κ2) is 9.76. The van der Waals surface area contributed by atoms with Crippen LogP contribution in [-0.4, -0.2) is 58.4 Å². The number of methoxy groups -OCH3 is 3. The molecule has 0 saturated carbocycles. The fourth-order valence-corrected chi connectivity index (χ4v) is 2.44. The third-order valence-electron chi connectivity index (χ3n) is 3.03. The molecule has 118 valence electrons. The molecule has 0 fully saturated rings. The minimum absolute atomic E-state index is 0.0218. The highest BCUT2D eigenvalue weighted by Crippen LogP contribution is 2.26. The highest BCUT2D eigenvalue weighted by Gasteiger charge is 2.16. The van der Waals surface area contributed by atoms with Crippen molar-refractivity contribution >= 4 is 21.8 Å². The lowest BCUT2D eigenvalue weighted by atomic mass is 10.2. The fraction of sp³-hybridized carbons (Fsp3) is 0.533. The van der Waals surface area contributed by atoms with Crippen LogP contribution in [-0.2, 0) is 9.47 Å². The van der Waals surface area contributed by atoms with Crippen molar-refractivity contribution in [2.75, 3.05) is 47.6 Å². The summed E-state index contributed by atoms with van der Waals surface area (Å²) < 4.78 is 16.0. The zero-order valence-electron chi connectivity index (χ0n) is 12.7. The smallest absolute Gasteiger partial charge is 0.253 e. The number of benzene rings is 1. The van der Waals surface area contributed by atoms with Gasteiger partial charge >= 0.3 is 0 Å². The first-order valence-electron chi connectivity index (χ1n) is 6.74. The minimum atomic E-state index is -0.0218. The molecule has 0 atom stereocenters. The number of carbonyl (C=O) groups excluding carboxylic acids is 1. The molecule has 0 aromatic heterocycles. The summed E-state index contributed by atoms with van der Waals surface area (Å²) >= 11 is 3.40. The molecule has 21 heavy (non-hydrogen) atoms. The van der Waals surface area contributed by atoms with Gasteiger partial charge in [0.25, 0.3) is 5.91 Å². The molecule has 6 heteroatoms. The summed E-state index contributed by atoms with van der Waals surface area (Å²) in [6.07, 6.45) is 0.795. The Morgan fingerprint density at radius 2 is 1.86 bits per heavy atom. The van der Waals surface area contributed by atoms with E-state index in [0.717, 1.165) is 10.9 Å². The zero-order chi connectivity index (χ0) is 15.7. The molecule has 1 amide bonds. The highest BCUT2D eigenvalue weighted by atomic mass is 79.9. The van der Waals surface area contributed by atoms with Gasteiger partial charge in [-0.05, 0) is 40.5 Å². The highest BCUT2D eigenvalue weighted by molar-refractivity contribution is 9.10. The molecule has 0 unspecified atom stereocenters. The predicted molar refractivity (Wildman–Crippen MR) is 85.0 cm³/mol. The summed E-state index contributed by atoms with van der Waals surface area (Å²) in [5.41, 5.74) is 0.621. The maximum atomic E-state index is 12.6. The molecule has 0 aliphatic carbocycles. The first-order valence-corrected chi connectivity index (χ1v) is 7.54. The Morgan fingerprint density at radius 3 is 2.43 bits per heavy atom. The van der Waals surface area contributed by atoms with E-state index in [1.54, 1.807) is 44.4 Å². The Kier molecular flexibility index (Phi) is 8.34. The second-order valence-electron chi connectivity index (χ2n) is 4.48. The van der Waals surface area contributed by atoms with Gasteiger partial charge in [0.2, 0.25) is 0 Å². The van der Waals surface area contributed by atoms with Crippen LogP contribution in [0, 0.1) is 0 Å². The van der Waals surface area contributed by atoms with Gasteiger partial charge in [-0.15, -0.1) is 0 Å². The summed E-state index contributed by atoms with van der Waals surface area (Å²) in [6.45, 7) is 2.33. The number of hydrogen-bond donors (Lipinski definition) is 0. The van der Waals surface area contributed by atoms with Crippen molar-refractivity contribution < 1.29 is 19.0 Å². The van der Waals surface area contributed by atoms with Crippen LogP contribution in [0.4, 0.5) is 0 Å². The van der Waals surface area contributed by atoms with Crippen LogP contribution in [0.1, 0.15) is 16.8 Å². The topological polar surface area (TPSA) is 48.0 Å². The lowest BCUT2D eigenvalue weighted by Crippen LogP contribution is -2.35. The average molecular weight is 360 g/mol. The summed E-state index contributed by atoms with van der Waals surface area (Å²) in [5, 5.41) is 0. The van der Waals surface area contributed by atoms with Crippen molar-refractivity contribution in [3.8, 4) is 5.75 Å². The number of ether oxygens (including phenoxy) is 3. The lowest BCUT2D eigenvalue weighted by Gasteiger charge is -2.22. The van der Waals surface area contributed by atoms with Gasteiger partial charge in [0.15, 0.2) is 0 Å². The average Bonchev–Trinajstić information content (AvgIpc) is 2.50. The molecule has 1 rings (SSSR count). The van der Waals surface area contributed by atoms with E-state index in [-0.39, 0.29) is 5.91 Å². The van der Waals surface area contributed by atoms with Gasteiger partial charge in [0, 0.05) is 39.5 Å². The molecule has 1 aromatic carbocycles. The Morgan fingerprint density at radius 1 is 1.14 bits per heavy atom. The first kappa shape index (κ1) is 17.9. The molecule has 0 N–H and O–H groups in total. The van der Waals surface area contributed by atoms with Gasteiger partial charge in [0.05, 0.1) is 18.2 Å². The van der Waals surface area contributed by atoms with Gasteiger partial charge in [-0.25, -0.2) is 0 Å². The lowest BCUT2D eigenvalue weighted by molar-refractivity contribution is 0.0674. The number of amides is 1. The van der Waals surface area contributed by atoms with E-state index in [4.69, 9.17) is 14.2 Å². The molecule has 0 bridgehead atoms. The summed E-state index contributed by atoms with van der Waals surface area (Å²) in [4.78, 5) is 14.3. The van der Waals surface area contributed by atoms with Crippen LogP contribution in [0.2, 0.25) is 0 Å². The Labute approximate surface area is 134 Å². The normalized spacial score (nSPS) is 10.5. The summed E-state index contributed by atoms with van der Waals surface area (Å²) in [6, 6.07) is 5.32. The third-order valence-corrected chi connectivity index (χ3v) is 3.65. The van der Waals surface area contributed by atoms with E-state index in [9.17, 15) is 4.79 Å². The number of halogens is 1. The first-order chi connectivity index (χ1) is 10.1. The van der Waals surface area contributed by atoms with Crippen molar-refractivity contribution in [1.82, 2.24) is 4.90 Å². The minimum Gasteiger partial charge on any atom is -0.496 e. The molecule has 0 heterocycles. The monoisotopic (exact) mass is 359 g/mol. The van der Waals surface area contributed by atoms with E-state index in [0.29, 0.717) is 37.6 Å². The van der Waals surface area contributed by atoms with Crippen LogP contribution in [0.15, 0.2) is 22.7 Å². The maximum Gasteiger partial charge on any atom is 0.253 e. The Balaban J connectivity index is 2.80. The van der Waals surface area contributed by atoms with Crippen LogP contribution in [0.25, 0.3) is 0 Å². The zero-order valence-corrected chi connectivity index (χ0v) is 14.3. The molecular formula is C15H22BrNO4. The third kappa shape index (κ3) is 5.65. The molecule has 0 spiro atoms. The number of carbonyl (C=O) groups is 1. The Hall–Kier alpha value is -1.11. The van der Waals surface area contributed by atoms with E-state index in [1.165, 1.54) is 0 Å². The van der Waals surface area contributed by atoms with Gasteiger partial charge in [-0.1, -0.05) is 0 Å². The van der Waals surface area contributed by atoms with E-state index in [2.05, 4.69) is 15.9 Å². The molecule has 0 aliphatic rings. The van der Waals surface area contributed by atoms with Crippen molar-refractivity contribution in [2.45, 2.75) is 6.42 Å². The standard InChI is InChI=1S/C15H22BrNO4/c1-19-9-4-7-17(8-10-20-2)15(18)12-5-6-14(21-3)13(16)11-12/h5-6,11H,4,7-10H2,1-3H3. The van der Waals surface area contributed by atoms with E-state index >= 15 is 0 Å². The van der Waals surface area contributed by atoms with Crippen LogP contribution in [0.3, 0.4) is 0 Å². The number of hydrogen-bond acceptors (Lipinski definition) is 4. The summed E-state index contributed by atoms with van der Waals surface area (Å²) in [5.74, 6) is 0.681. The van der Waals surface area contributed by atoms with Crippen molar-refractivity contribution in [1.29, 1.82) is 0 Å². The van der Waals surface area contributed by atoms with Gasteiger partial charge in [-0.3, -0.25) is 4.79 Å². The molecule has 0 saturated heterocycles. The predicted octanol–water partition coefficient (Wildman–Crippen LogP) is 2.58. The maximum absolute atomic E-state index is 12.6. The number of rotatable bonds is 9. The number of nitrogens with zero attached hydrogens (tertiary/aromatic N) is 1. The fourth-order valence-electron chi connectivity index (χ4n) is 1.90. The van der Waals surface area contributed by atoms with Gasteiger partial charge in [-0.2, -0.15) is 0 Å². The van der Waals surface area contributed by atoms with Crippen molar-refractivity contribution in [3.63, 3.8) is 0 Å². The van der Waals surface area contributed by atoms with Crippen molar-refractivity contribution in [3.05, 3.63) is 28.2 Å². The van der Waals surface area contributed by atoms with Crippen LogP contribution < -0.4 is 4.74 Å². The molecule has 5 nitrogen and oxygen atoms in total. The molecule has 1 aromatic rings. The van der Waals surface area contributed by atoms with E-state index < -0.39 is 0 Å².